The third-order valence-electron chi connectivity index (χ3n) is 6.01. The van der Waals surface area contributed by atoms with Crippen LogP contribution in [0.5, 0.6) is 0 Å². The number of alkyl carbamates (subject to hydrolysis) is 1. The van der Waals surface area contributed by atoms with Gasteiger partial charge in [-0.2, -0.15) is 17.0 Å². The van der Waals surface area contributed by atoms with E-state index >= 15 is 0 Å². The summed E-state index contributed by atoms with van der Waals surface area (Å²) >= 11 is 0. The van der Waals surface area contributed by atoms with Gasteiger partial charge in [0.15, 0.2) is 0 Å². The van der Waals surface area contributed by atoms with E-state index in [2.05, 4.69) is 5.32 Å². The maximum absolute atomic E-state index is 13.2. The molecule has 190 valence electrons. The second-order valence-corrected chi connectivity index (χ2v) is 11.2. The molecular formula is C23H36N4O6S. The van der Waals surface area contributed by atoms with Crippen LogP contribution in [0.4, 0.5) is 4.79 Å². The van der Waals surface area contributed by atoms with E-state index < -0.39 is 22.3 Å². The molecule has 0 aromatic heterocycles. The predicted octanol–water partition coefficient (Wildman–Crippen LogP) is 1.44. The molecule has 2 aliphatic heterocycles. The summed E-state index contributed by atoms with van der Waals surface area (Å²) in [6, 6.07) is 8.54. The lowest BCUT2D eigenvalue weighted by Crippen LogP contribution is -2.60. The minimum atomic E-state index is -3.63. The lowest BCUT2D eigenvalue weighted by Gasteiger charge is -2.41. The Hall–Kier alpha value is -2.21. The van der Waals surface area contributed by atoms with Crippen molar-refractivity contribution in [3.63, 3.8) is 0 Å². The van der Waals surface area contributed by atoms with E-state index in [1.165, 1.54) is 8.61 Å². The van der Waals surface area contributed by atoms with Crippen LogP contribution >= 0.6 is 0 Å². The highest BCUT2D eigenvalue weighted by atomic mass is 32.2. The molecule has 0 spiro atoms. The molecule has 2 saturated heterocycles. The van der Waals surface area contributed by atoms with Gasteiger partial charge >= 0.3 is 6.09 Å². The number of nitrogens with zero attached hydrogens (tertiary/aromatic N) is 3. The molecule has 2 fully saturated rings. The van der Waals surface area contributed by atoms with Crippen molar-refractivity contribution in [3.8, 4) is 0 Å². The summed E-state index contributed by atoms with van der Waals surface area (Å²) in [6.07, 6.45) is -0.991. The van der Waals surface area contributed by atoms with Crippen LogP contribution in [0.1, 0.15) is 33.3 Å². The van der Waals surface area contributed by atoms with Gasteiger partial charge in [-0.1, -0.05) is 44.2 Å². The third kappa shape index (κ3) is 6.68. The standard InChI is InChI=1S/C23H36N4O6S/c1-17(2)21(24-23(29)32-16-20-8-6-5-7-9-20)22(28)25-10-12-26(13-11-25)34(30,31)27-14-18(3)33-19(4)15-27/h5-9,17-19,21H,10-16H2,1-4H3,(H,24,29)/t18?,19?,21-/m0/s1. The smallest absolute Gasteiger partial charge is 0.408 e. The first kappa shape index (κ1) is 26.4. The van der Waals surface area contributed by atoms with E-state index in [0.717, 1.165) is 5.56 Å². The van der Waals surface area contributed by atoms with E-state index in [9.17, 15) is 18.0 Å². The summed E-state index contributed by atoms with van der Waals surface area (Å²) < 4.78 is 40.0. The fourth-order valence-corrected chi connectivity index (χ4v) is 5.97. The van der Waals surface area contributed by atoms with Crippen molar-refractivity contribution in [1.29, 1.82) is 0 Å². The van der Waals surface area contributed by atoms with E-state index in [1.54, 1.807) is 4.90 Å². The quantitative estimate of drug-likeness (QED) is 0.612. The summed E-state index contributed by atoms with van der Waals surface area (Å²) in [5.74, 6) is -0.396. The van der Waals surface area contributed by atoms with Crippen LogP contribution in [0.25, 0.3) is 0 Å². The summed E-state index contributed by atoms with van der Waals surface area (Å²) in [7, 11) is -3.63. The summed E-state index contributed by atoms with van der Waals surface area (Å²) in [4.78, 5) is 27.1. The van der Waals surface area contributed by atoms with Gasteiger partial charge in [-0.05, 0) is 25.3 Å². The van der Waals surface area contributed by atoms with E-state index in [-0.39, 0.29) is 56.8 Å². The highest BCUT2D eigenvalue weighted by Gasteiger charge is 2.38. The van der Waals surface area contributed by atoms with Gasteiger partial charge in [-0.25, -0.2) is 4.79 Å². The Bertz CT molecular complexity index is 924. The number of morpholine rings is 1. The first-order chi connectivity index (χ1) is 16.1. The summed E-state index contributed by atoms with van der Waals surface area (Å²) in [5, 5.41) is 2.68. The Morgan fingerprint density at radius 2 is 1.62 bits per heavy atom. The Labute approximate surface area is 202 Å². The van der Waals surface area contributed by atoms with Gasteiger partial charge in [0.1, 0.15) is 12.6 Å². The molecule has 2 heterocycles. The molecular weight excluding hydrogens is 460 g/mol. The molecule has 10 nitrogen and oxygen atoms in total. The molecule has 1 aromatic rings. The van der Waals surface area contributed by atoms with Crippen LogP contribution in [0, 0.1) is 5.92 Å². The zero-order valence-corrected chi connectivity index (χ0v) is 21.2. The lowest BCUT2D eigenvalue weighted by atomic mass is 10.0. The van der Waals surface area contributed by atoms with Gasteiger partial charge in [0, 0.05) is 39.3 Å². The number of carbonyl (C=O) groups excluding carboxylic acids is 2. The number of hydrogen-bond acceptors (Lipinski definition) is 6. The van der Waals surface area contributed by atoms with E-state index in [1.807, 2.05) is 58.0 Å². The van der Waals surface area contributed by atoms with Crippen LogP contribution in [-0.4, -0.2) is 91.4 Å². The summed E-state index contributed by atoms with van der Waals surface area (Å²) in [5.41, 5.74) is 0.853. The summed E-state index contributed by atoms with van der Waals surface area (Å²) in [6.45, 7) is 9.10. The lowest BCUT2D eigenvalue weighted by molar-refractivity contribution is -0.135. The van der Waals surface area contributed by atoms with Crippen molar-refractivity contribution in [2.75, 3.05) is 39.3 Å². The van der Waals surface area contributed by atoms with Gasteiger partial charge < -0.3 is 19.7 Å². The maximum Gasteiger partial charge on any atom is 0.408 e. The monoisotopic (exact) mass is 496 g/mol. The largest absolute Gasteiger partial charge is 0.445 e. The van der Waals surface area contributed by atoms with Gasteiger partial charge in [0.05, 0.1) is 12.2 Å². The van der Waals surface area contributed by atoms with Crippen molar-refractivity contribution in [2.45, 2.75) is 52.6 Å². The molecule has 0 bridgehead atoms. The molecule has 0 saturated carbocycles. The number of hydrogen-bond donors (Lipinski definition) is 1. The molecule has 2 amide bonds. The van der Waals surface area contributed by atoms with Crippen molar-refractivity contribution in [1.82, 2.24) is 18.8 Å². The average molecular weight is 497 g/mol. The van der Waals surface area contributed by atoms with E-state index in [4.69, 9.17) is 9.47 Å². The Morgan fingerprint density at radius 1 is 1.03 bits per heavy atom. The minimum Gasteiger partial charge on any atom is -0.445 e. The number of benzene rings is 1. The zero-order chi connectivity index (χ0) is 24.9. The molecule has 3 rings (SSSR count). The number of piperazine rings is 1. The van der Waals surface area contributed by atoms with Crippen LogP contribution < -0.4 is 5.32 Å². The van der Waals surface area contributed by atoms with Crippen molar-refractivity contribution in [2.24, 2.45) is 5.92 Å². The average Bonchev–Trinajstić information content (AvgIpc) is 2.80. The third-order valence-corrected chi connectivity index (χ3v) is 7.98. The topological polar surface area (TPSA) is 108 Å². The SMILES string of the molecule is CC1CN(S(=O)(=O)N2CCN(C(=O)[C@@H](NC(=O)OCc3ccccc3)C(C)C)CC2)CC(C)O1. The fraction of sp³-hybridized carbons (Fsp3) is 0.652. The molecule has 2 unspecified atom stereocenters. The predicted molar refractivity (Wildman–Crippen MR) is 127 cm³/mol. The number of nitrogens with one attached hydrogen (secondary N) is 1. The van der Waals surface area contributed by atoms with Crippen LogP contribution in [0.3, 0.4) is 0 Å². The van der Waals surface area contributed by atoms with Gasteiger partial charge in [0.2, 0.25) is 5.91 Å². The van der Waals surface area contributed by atoms with Crippen LogP contribution in [0.2, 0.25) is 0 Å². The zero-order valence-electron chi connectivity index (χ0n) is 20.3. The Morgan fingerprint density at radius 3 is 2.18 bits per heavy atom. The number of ether oxygens (including phenoxy) is 2. The van der Waals surface area contributed by atoms with Gasteiger partial charge in [0.25, 0.3) is 10.2 Å². The first-order valence-corrected chi connectivity index (χ1v) is 13.1. The minimum absolute atomic E-state index is 0.112. The molecule has 1 N–H and O–H groups in total. The molecule has 3 atom stereocenters. The molecule has 1 aromatic carbocycles. The maximum atomic E-state index is 13.2. The Kier molecular flexibility index (Phi) is 8.91. The second kappa shape index (κ2) is 11.5. The highest BCUT2D eigenvalue weighted by molar-refractivity contribution is 7.86. The van der Waals surface area contributed by atoms with Crippen molar-refractivity contribution < 1.29 is 27.5 Å². The number of amides is 2. The molecule has 2 aliphatic rings. The second-order valence-electron chi connectivity index (χ2n) is 9.23. The Balaban J connectivity index is 1.54. The van der Waals surface area contributed by atoms with E-state index in [0.29, 0.717) is 13.1 Å². The molecule has 0 radical (unpaired) electrons. The number of rotatable bonds is 7. The molecule has 0 aliphatic carbocycles. The molecule has 34 heavy (non-hydrogen) atoms. The van der Waals surface area contributed by atoms with Crippen LogP contribution in [-0.2, 0) is 31.1 Å². The van der Waals surface area contributed by atoms with Crippen LogP contribution in [0.15, 0.2) is 30.3 Å². The normalized spacial score (nSPS) is 23.5. The number of carbonyl (C=O) groups is 2. The van der Waals surface area contributed by atoms with Crippen molar-refractivity contribution >= 4 is 22.2 Å². The van der Waals surface area contributed by atoms with Gasteiger partial charge in [-0.3, -0.25) is 4.79 Å². The van der Waals surface area contributed by atoms with Gasteiger partial charge in [-0.15, -0.1) is 0 Å². The highest BCUT2D eigenvalue weighted by Crippen LogP contribution is 2.19. The van der Waals surface area contributed by atoms with Crippen molar-refractivity contribution in [3.05, 3.63) is 35.9 Å². The fourth-order valence-electron chi connectivity index (χ4n) is 4.22. The molecule has 11 heteroatoms. The first-order valence-electron chi connectivity index (χ1n) is 11.7.